The van der Waals surface area contributed by atoms with Crippen LogP contribution in [0.5, 0.6) is 0 Å². The molecule has 0 radical (unpaired) electrons. The molecule has 0 bridgehead atoms. The van der Waals surface area contributed by atoms with Gasteiger partial charge in [0, 0.05) is 32.5 Å². The van der Waals surface area contributed by atoms with Crippen molar-refractivity contribution in [3.05, 3.63) is 18.5 Å². The number of aromatic nitrogens is 2. The topological polar surface area (TPSA) is 84.5 Å². The molecule has 2 heterocycles. The number of hydrogen-bond acceptors (Lipinski definition) is 4. The predicted molar refractivity (Wildman–Crippen MR) is 97.4 cm³/mol. The summed E-state index contributed by atoms with van der Waals surface area (Å²) in [4.78, 5) is 28.0. The number of nitrogens with two attached hydrogens (primary N) is 1. The van der Waals surface area contributed by atoms with E-state index in [1.54, 1.807) is 42.0 Å². The molecule has 2 N–H and O–H groups in total. The third-order valence-electron chi connectivity index (χ3n) is 4.43. The Kier molecular flexibility index (Phi) is 8.74. The number of carbonyl (C=O) groups is 2. The van der Waals surface area contributed by atoms with Crippen LogP contribution in [0.4, 0.5) is 0 Å². The van der Waals surface area contributed by atoms with E-state index in [1.807, 2.05) is 0 Å². The fourth-order valence-corrected chi connectivity index (χ4v) is 2.73. The van der Waals surface area contributed by atoms with Crippen LogP contribution >= 0.6 is 24.8 Å². The maximum absolute atomic E-state index is 12.3. The van der Waals surface area contributed by atoms with Gasteiger partial charge in [-0.25, -0.2) is 0 Å². The Hall–Kier alpha value is -1.31. The molecule has 0 spiro atoms. The molecule has 1 aliphatic heterocycles. The zero-order valence-electron chi connectivity index (χ0n) is 14.3. The first kappa shape index (κ1) is 22.7. The number of nitrogens with zero attached hydrogens (tertiary/aromatic N) is 4. The van der Waals surface area contributed by atoms with Crippen molar-refractivity contribution in [1.29, 1.82) is 0 Å². The minimum Gasteiger partial charge on any atom is -0.341 e. The van der Waals surface area contributed by atoms with E-state index in [0.717, 1.165) is 6.42 Å². The number of likely N-dealkylation sites (tertiary alicyclic amines) is 1. The first-order chi connectivity index (χ1) is 10.4. The Morgan fingerprint density at radius 3 is 2.58 bits per heavy atom. The average molecular weight is 380 g/mol. The van der Waals surface area contributed by atoms with E-state index in [0.29, 0.717) is 19.6 Å². The van der Waals surface area contributed by atoms with Gasteiger partial charge >= 0.3 is 0 Å². The third kappa shape index (κ3) is 5.09. The van der Waals surface area contributed by atoms with Gasteiger partial charge in [0.1, 0.15) is 6.04 Å². The Balaban J connectivity index is 0.00000264. The maximum Gasteiger partial charge on any atom is 0.247 e. The quantitative estimate of drug-likeness (QED) is 0.824. The Morgan fingerprint density at radius 1 is 1.42 bits per heavy atom. The van der Waals surface area contributed by atoms with E-state index in [4.69, 9.17) is 5.73 Å². The summed E-state index contributed by atoms with van der Waals surface area (Å²) < 4.78 is 1.59. The van der Waals surface area contributed by atoms with Crippen LogP contribution in [0.3, 0.4) is 0 Å². The van der Waals surface area contributed by atoms with Crippen molar-refractivity contribution in [3.8, 4) is 0 Å². The minimum absolute atomic E-state index is 0. The molecular weight excluding hydrogens is 353 g/mol. The lowest BCUT2D eigenvalue weighted by molar-refractivity contribution is -0.140. The Labute approximate surface area is 155 Å². The molecule has 2 unspecified atom stereocenters. The molecule has 1 aromatic rings. The molecule has 9 heteroatoms. The van der Waals surface area contributed by atoms with Crippen LogP contribution < -0.4 is 5.73 Å². The van der Waals surface area contributed by atoms with Crippen LogP contribution in [0.15, 0.2) is 18.5 Å². The molecule has 2 atom stereocenters. The molecule has 138 valence electrons. The lowest BCUT2D eigenvalue weighted by atomic mass is 9.90. The number of amides is 2. The highest BCUT2D eigenvalue weighted by Crippen LogP contribution is 2.28. The van der Waals surface area contributed by atoms with Crippen molar-refractivity contribution in [2.75, 3.05) is 33.2 Å². The van der Waals surface area contributed by atoms with Gasteiger partial charge in [0.05, 0.1) is 6.54 Å². The fourth-order valence-electron chi connectivity index (χ4n) is 2.73. The molecule has 7 nitrogen and oxygen atoms in total. The van der Waals surface area contributed by atoms with Gasteiger partial charge in [0.2, 0.25) is 11.8 Å². The van der Waals surface area contributed by atoms with Crippen molar-refractivity contribution < 1.29 is 9.59 Å². The lowest BCUT2D eigenvalue weighted by Crippen LogP contribution is -2.43. The van der Waals surface area contributed by atoms with Gasteiger partial charge in [-0.1, -0.05) is 6.92 Å². The van der Waals surface area contributed by atoms with Crippen LogP contribution in [0.25, 0.3) is 0 Å². The maximum atomic E-state index is 12.3. The average Bonchev–Trinajstić information content (AvgIpc) is 3.15. The number of rotatable bonds is 5. The normalized spacial score (nSPS) is 20.8. The first-order valence-electron chi connectivity index (χ1n) is 7.58. The van der Waals surface area contributed by atoms with Crippen LogP contribution in [-0.4, -0.2) is 64.6 Å². The largest absolute Gasteiger partial charge is 0.341 e. The predicted octanol–water partition coefficient (Wildman–Crippen LogP) is 0.943. The summed E-state index contributed by atoms with van der Waals surface area (Å²) in [5, 5.41) is 4.07. The van der Waals surface area contributed by atoms with Gasteiger partial charge in [-0.2, -0.15) is 5.10 Å². The molecule has 0 saturated carbocycles. The summed E-state index contributed by atoms with van der Waals surface area (Å²) in [7, 11) is 1.65. The number of hydrogen-bond donors (Lipinski definition) is 1. The summed E-state index contributed by atoms with van der Waals surface area (Å²) in [6.07, 6.45) is 4.29. The summed E-state index contributed by atoms with van der Waals surface area (Å²) in [6, 6.07) is 1.35. The van der Waals surface area contributed by atoms with Crippen LogP contribution in [0.2, 0.25) is 0 Å². The van der Waals surface area contributed by atoms with Gasteiger partial charge in [-0.05, 0) is 31.4 Å². The Bertz CT molecular complexity index is 540. The highest BCUT2D eigenvalue weighted by Gasteiger charge is 2.35. The van der Waals surface area contributed by atoms with Crippen molar-refractivity contribution in [3.63, 3.8) is 0 Å². The van der Waals surface area contributed by atoms with E-state index < -0.39 is 6.04 Å². The molecule has 1 saturated heterocycles. The molecule has 1 aliphatic rings. The SMILES string of the molecule is CC(C(=O)N(C)CC(=O)N1CCC(C)(CN)C1)n1cccn1.Cl.Cl. The van der Waals surface area contributed by atoms with Gasteiger partial charge < -0.3 is 15.5 Å². The van der Waals surface area contributed by atoms with Crippen molar-refractivity contribution in [1.82, 2.24) is 19.6 Å². The summed E-state index contributed by atoms with van der Waals surface area (Å²) >= 11 is 0. The molecular formula is C15H27Cl2N5O2. The van der Waals surface area contributed by atoms with Crippen molar-refractivity contribution in [2.24, 2.45) is 11.1 Å². The Morgan fingerprint density at radius 2 is 2.08 bits per heavy atom. The smallest absolute Gasteiger partial charge is 0.247 e. The summed E-state index contributed by atoms with van der Waals surface area (Å²) in [5.74, 6) is -0.154. The van der Waals surface area contributed by atoms with Gasteiger partial charge in [0.15, 0.2) is 0 Å². The molecule has 1 fully saturated rings. The monoisotopic (exact) mass is 379 g/mol. The molecule has 24 heavy (non-hydrogen) atoms. The second-order valence-corrected chi connectivity index (χ2v) is 6.44. The number of halogens is 2. The molecule has 1 aromatic heterocycles. The fraction of sp³-hybridized carbons (Fsp3) is 0.667. The van der Waals surface area contributed by atoms with Crippen LogP contribution in [0.1, 0.15) is 26.3 Å². The lowest BCUT2D eigenvalue weighted by Gasteiger charge is -2.26. The van der Waals surface area contributed by atoms with Crippen LogP contribution in [-0.2, 0) is 9.59 Å². The first-order valence-corrected chi connectivity index (χ1v) is 7.58. The standard InChI is InChI=1S/C15H25N5O2.2ClH/c1-12(20-7-4-6-17-20)14(22)18(3)9-13(21)19-8-5-15(2,10-16)11-19;;/h4,6-7,12H,5,8-11,16H2,1-3H3;2*1H. The van der Waals surface area contributed by atoms with E-state index in [-0.39, 0.29) is 48.6 Å². The molecule has 2 amide bonds. The zero-order chi connectivity index (χ0) is 16.3. The minimum atomic E-state index is -0.416. The summed E-state index contributed by atoms with van der Waals surface area (Å²) in [5.41, 5.74) is 5.76. The molecule has 0 aliphatic carbocycles. The summed E-state index contributed by atoms with van der Waals surface area (Å²) in [6.45, 7) is 5.90. The number of carbonyl (C=O) groups excluding carboxylic acids is 2. The highest BCUT2D eigenvalue weighted by molar-refractivity contribution is 5.86. The third-order valence-corrected chi connectivity index (χ3v) is 4.43. The molecule has 0 aromatic carbocycles. The number of likely N-dealkylation sites (N-methyl/N-ethyl adjacent to an activating group) is 1. The van der Waals surface area contributed by atoms with E-state index in [1.165, 1.54) is 4.90 Å². The molecule has 2 rings (SSSR count). The van der Waals surface area contributed by atoms with E-state index in [2.05, 4.69) is 12.0 Å². The van der Waals surface area contributed by atoms with Gasteiger partial charge in [-0.15, -0.1) is 24.8 Å². The van der Waals surface area contributed by atoms with Gasteiger partial charge in [0.25, 0.3) is 0 Å². The zero-order valence-corrected chi connectivity index (χ0v) is 16.0. The second-order valence-electron chi connectivity index (χ2n) is 6.44. The second kappa shape index (κ2) is 9.25. The van der Waals surface area contributed by atoms with E-state index >= 15 is 0 Å². The highest BCUT2D eigenvalue weighted by atomic mass is 35.5. The van der Waals surface area contributed by atoms with Crippen molar-refractivity contribution in [2.45, 2.75) is 26.3 Å². The van der Waals surface area contributed by atoms with Crippen molar-refractivity contribution >= 4 is 36.6 Å². The van der Waals surface area contributed by atoms with E-state index in [9.17, 15) is 9.59 Å². The van der Waals surface area contributed by atoms with Crippen LogP contribution in [0, 0.1) is 5.41 Å². The van der Waals surface area contributed by atoms with Gasteiger partial charge in [-0.3, -0.25) is 14.3 Å².